The minimum atomic E-state index is -0.988. The van der Waals surface area contributed by atoms with Crippen molar-refractivity contribution in [1.82, 2.24) is 4.72 Å². The number of rotatable bonds is 6. The van der Waals surface area contributed by atoms with E-state index in [9.17, 15) is 9.59 Å². The van der Waals surface area contributed by atoms with Crippen molar-refractivity contribution in [2.75, 3.05) is 12.5 Å². The maximum atomic E-state index is 10.6. The molecule has 0 aromatic heterocycles. The number of hydrogen-bond acceptors (Lipinski definition) is 3. The van der Waals surface area contributed by atoms with Gasteiger partial charge in [0.25, 0.3) is 0 Å². The van der Waals surface area contributed by atoms with Crippen LogP contribution in [-0.4, -0.2) is 40.7 Å². The van der Waals surface area contributed by atoms with Crippen molar-refractivity contribution in [3.8, 4) is 0 Å². The van der Waals surface area contributed by atoms with Crippen LogP contribution in [0.25, 0.3) is 0 Å². The number of carbonyl (C=O) groups is 2. The first-order valence-corrected chi connectivity index (χ1v) is 6.05. The SMILES string of the molecule is C[SH](C)NC(CCC(=O)O)C(=O)O. The van der Waals surface area contributed by atoms with Crippen molar-refractivity contribution in [2.45, 2.75) is 18.9 Å². The molecule has 0 amide bonds. The van der Waals surface area contributed by atoms with Gasteiger partial charge in [0.2, 0.25) is 0 Å². The van der Waals surface area contributed by atoms with Crippen LogP contribution in [0.4, 0.5) is 0 Å². The summed E-state index contributed by atoms with van der Waals surface area (Å²) < 4.78 is 2.84. The third-order valence-corrected chi connectivity index (χ3v) is 2.19. The van der Waals surface area contributed by atoms with Gasteiger partial charge in [0, 0.05) is 6.42 Å². The molecule has 78 valence electrons. The van der Waals surface area contributed by atoms with Crippen LogP contribution < -0.4 is 4.72 Å². The molecule has 0 aliphatic carbocycles. The molecule has 0 rings (SSSR count). The van der Waals surface area contributed by atoms with Gasteiger partial charge in [-0.2, -0.15) is 0 Å². The summed E-state index contributed by atoms with van der Waals surface area (Å²) in [4.78, 5) is 20.8. The lowest BCUT2D eigenvalue weighted by atomic mass is 10.2. The van der Waals surface area contributed by atoms with Gasteiger partial charge in [-0.3, -0.25) is 14.3 Å². The molecule has 0 radical (unpaired) electrons. The van der Waals surface area contributed by atoms with Gasteiger partial charge in [-0.25, -0.2) is 11.1 Å². The Bertz CT molecular complexity index is 195. The quantitative estimate of drug-likeness (QED) is 0.465. The van der Waals surface area contributed by atoms with Gasteiger partial charge in [0.15, 0.2) is 0 Å². The fourth-order valence-electron chi connectivity index (χ4n) is 0.823. The van der Waals surface area contributed by atoms with E-state index in [4.69, 9.17) is 10.2 Å². The Morgan fingerprint density at radius 2 is 1.92 bits per heavy atom. The van der Waals surface area contributed by atoms with Crippen LogP contribution in [0.2, 0.25) is 0 Å². The average Bonchev–Trinajstić information content (AvgIpc) is 1.96. The van der Waals surface area contributed by atoms with Gasteiger partial charge < -0.3 is 10.2 Å². The summed E-state index contributed by atoms with van der Waals surface area (Å²) in [6.07, 6.45) is 3.77. The normalized spacial score (nSPS) is 13.5. The number of nitrogens with one attached hydrogen (secondary N) is 1. The fourth-order valence-corrected chi connectivity index (χ4v) is 1.69. The molecule has 5 nitrogen and oxygen atoms in total. The number of carboxylic acids is 2. The first kappa shape index (κ1) is 12.2. The third kappa shape index (κ3) is 6.41. The van der Waals surface area contributed by atoms with E-state index in [1.54, 1.807) is 0 Å². The van der Waals surface area contributed by atoms with Crippen LogP contribution in [0.1, 0.15) is 12.8 Å². The van der Waals surface area contributed by atoms with E-state index in [2.05, 4.69) is 4.72 Å². The van der Waals surface area contributed by atoms with E-state index in [1.165, 1.54) is 0 Å². The van der Waals surface area contributed by atoms with Crippen molar-refractivity contribution in [3.63, 3.8) is 0 Å². The van der Waals surface area contributed by atoms with E-state index in [0.29, 0.717) is 0 Å². The van der Waals surface area contributed by atoms with Crippen LogP contribution in [0.5, 0.6) is 0 Å². The van der Waals surface area contributed by atoms with Gasteiger partial charge in [-0.1, -0.05) is 0 Å². The van der Waals surface area contributed by atoms with Crippen molar-refractivity contribution >= 4 is 23.0 Å². The number of aliphatic carboxylic acids is 2. The Labute approximate surface area is 79.6 Å². The highest BCUT2D eigenvalue weighted by Crippen LogP contribution is 2.11. The van der Waals surface area contributed by atoms with Crippen LogP contribution in [-0.2, 0) is 9.59 Å². The summed E-state index contributed by atoms with van der Waals surface area (Å²) in [6.45, 7) is 0. The van der Waals surface area contributed by atoms with E-state index >= 15 is 0 Å². The second kappa shape index (κ2) is 5.82. The predicted octanol–water partition coefficient (Wildman–Crippen LogP) is 0.0698. The fraction of sp³-hybridized carbons (Fsp3) is 0.714. The maximum absolute atomic E-state index is 10.6. The van der Waals surface area contributed by atoms with Gasteiger partial charge in [0.1, 0.15) is 6.04 Å². The summed E-state index contributed by atoms with van der Waals surface area (Å²) in [6, 6.07) is -0.739. The summed E-state index contributed by atoms with van der Waals surface area (Å²) >= 11 is -0.527. The standard InChI is InChI=1S/C7H15NO4S/c1-13(2)8-5(7(11)12)3-4-6(9)10/h5,8,13H,3-4H2,1-2H3,(H,9,10)(H,11,12). The molecule has 0 saturated carbocycles. The Morgan fingerprint density at radius 3 is 2.23 bits per heavy atom. The van der Waals surface area contributed by atoms with Crippen molar-refractivity contribution < 1.29 is 19.8 Å². The smallest absolute Gasteiger partial charge is 0.321 e. The second-order valence-corrected chi connectivity index (χ2v) is 4.89. The molecule has 1 atom stereocenters. The zero-order valence-corrected chi connectivity index (χ0v) is 8.54. The molecule has 0 heterocycles. The van der Waals surface area contributed by atoms with Crippen LogP contribution in [0.3, 0.4) is 0 Å². The predicted molar refractivity (Wildman–Crippen MR) is 52.3 cm³/mol. The van der Waals surface area contributed by atoms with Gasteiger partial charge in [0.05, 0.1) is 0 Å². The van der Waals surface area contributed by atoms with E-state index < -0.39 is 29.1 Å². The Kier molecular flexibility index (Phi) is 5.48. The molecule has 0 fully saturated rings. The van der Waals surface area contributed by atoms with E-state index in [-0.39, 0.29) is 12.8 Å². The summed E-state index contributed by atoms with van der Waals surface area (Å²) in [5.74, 6) is -1.96. The number of carboxylic acid groups (broad SMARTS) is 2. The number of thiol groups is 1. The zero-order chi connectivity index (χ0) is 10.4. The first-order valence-electron chi connectivity index (χ1n) is 3.81. The summed E-state index contributed by atoms with van der Waals surface area (Å²) in [5.41, 5.74) is 0. The molecular formula is C7H15NO4S. The Morgan fingerprint density at radius 1 is 1.38 bits per heavy atom. The highest BCUT2D eigenvalue weighted by Gasteiger charge is 2.18. The highest BCUT2D eigenvalue weighted by molar-refractivity contribution is 8.14. The van der Waals surface area contributed by atoms with Crippen LogP contribution in [0.15, 0.2) is 0 Å². The Hall–Kier alpha value is -0.750. The topological polar surface area (TPSA) is 86.6 Å². The molecule has 0 spiro atoms. The second-order valence-electron chi connectivity index (χ2n) is 2.85. The molecule has 6 heteroatoms. The minimum absolute atomic E-state index is 0.118. The molecule has 0 bridgehead atoms. The maximum Gasteiger partial charge on any atom is 0.321 e. The first-order chi connectivity index (χ1) is 5.93. The van der Waals surface area contributed by atoms with Gasteiger partial charge >= 0.3 is 11.9 Å². The zero-order valence-electron chi connectivity index (χ0n) is 7.65. The van der Waals surface area contributed by atoms with Gasteiger partial charge in [-0.15, -0.1) is 0 Å². The molecule has 0 aliphatic heterocycles. The summed E-state index contributed by atoms with van der Waals surface area (Å²) in [7, 11) is 0. The third-order valence-electron chi connectivity index (χ3n) is 1.36. The molecule has 1 unspecified atom stereocenters. The van der Waals surface area contributed by atoms with E-state index in [1.807, 2.05) is 12.5 Å². The summed E-state index contributed by atoms with van der Waals surface area (Å²) in [5, 5.41) is 17.1. The molecule has 13 heavy (non-hydrogen) atoms. The van der Waals surface area contributed by atoms with Crippen molar-refractivity contribution in [3.05, 3.63) is 0 Å². The molecule has 0 saturated heterocycles. The average molecular weight is 209 g/mol. The number of hydrogen-bond donors (Lipinski definition) is 4. The van der Waals surface area contributed by atoms with Crippen molar-refractivity contribution in [2.24, 2.45) is 0 Å². The monoisotopic (exact) mass is 209 g/mol. The molecule has 3 N–H and O–H groups in total. The lowest BCUT2D eigenvalue weighted by Crippen LogP contribution is -2.34. The largest absolute Gasteiger partial charge is 0.481 e. The molecule has 0 aromatic rings. The van der Waals surface area contributed by atoms with Gasteiger partial charge in [-0.05, 0) is 18.9 Å². The highest BCUT2D eigenvalue weighted by atomic mass is 32.2. The molecule has 0 aromatic carbocycles. The van der Waals surface area contributed by atoms with Crippen LogP contribution >= 0.6 is 11.1 Å². The molecule has 0 aliphatic rings. The van der Waals surface area contributed by atoms with E-state index in [0.717, 1.165) is 0 Å². The van der Waals surface area contributed by atoms with Crippen LogP contribution in [0, 0.1) is 0 Å². The van der Waals surface area contributed by atoms with Crippen molar-refractivity contribution in [1.29, 1.82) is 0 Å². The lowest BCUT2D eigenvalue weighted by molar-refractivity contribution is -0.140. The lowest BCUT2D eigenvalue weighted by Gasteiger charge is -2.18. The minimum Gasteiger partial charge on any atom is -0.481 e. The Balaban J connectivity index is 3.95. The molecular weight excluding hydrogens is 194 g/mol.